The second-order valence-electron chi connectivity index (χ2n) is 7.67. The highest BCUT2D eigenvalue weighted by molar-refractivity contribution is 5.94. The van der Waals surface area contributed by atoms with Gasteiger partial charge in [0.2, 0.25) is 11.8 Å². The molecule has 0 radical (unpaired) electrons. The van der Waals surface area contributed by atoms with E-state index in [0.29, 0.717) is 12.6 Å². The molecule has 0 N–H and O–H groups in total. The van der Waals surface area contributed by atoms with Crippen LogP contribution in [0.4, 0.5) is 0 Å². The van der Waals surface area contributed by atoms with Gasteiger partial charge >= 0.3 is 0 Å². The van der Waals surface area contributed by atoms with Gasteiger partial charge in [0.25, 0.3) is 0 Å². The fourth-order valence-electron chi connectivity index (χ4n) is 3.22. The van der Waals surface area contributed by atoms with Gasteiger partial charge in [0.1, 0.15) is 6.54 Å². The van der Waals surface area contributed by atoms with Gasteiger partial charge in [-0.05, 0) is 50.5 Å². The lowest BCUT2D eigenvalue weighted by atomic mass is 10.2. The van der Waals surface area contributed by atoms with Crippen molar-refractivity contribution in [3.63, 3.8) is 0 Å². The lowest BCUT2D eigenvalue weighted by molar-refractivity contribution is -0.140. The molecule has 1 aromatic heterocycles. The van der Waals surface area contributed by atoms with E-state index < -0.39 is 0 Å². The van der Waals surface area contributed by atoms with Crippen molar-refractivity contribution in [1.82, 2.24) is 14.4 Å². The molecule has 0 saturated heterocycles. The summed E-state index contributed by atoms with van der Waals surface area (Å²) in [5.74, 6) is -0.124. The zero-order valence-corrected chi connectivity index (χ0v) is 16.9. The minimum Gasteiger partial charge on any atom is -0.353 e. The lowest BCUT2D eigenvalue weighted by Crippen LogP contribution is -2.46. The monoisotopic (exact) mass is 379 g/mol. The van der Waals surface area contributed by atoms with E-state index >= 15 is 0 Å². The van der Waals surface area contributed by atoms with Crippen LogP contribution in [-0.4, -0.2) is 44.8 Å². The minimum absolute atomic E-state index is 0.0128. The van der Waals surface area contributed by atoms with Gasteiger partial charge in [-0.3, -0.25) is 9.59 Å². The number of carbonyl (C=O) groups excluding carboxylic acids is 2. The van der Waals surface area contributed by atoms with Crippen LogP contribution in [-0.2, 0) is 23.2 Å². The summed E-state index contributed by atoms with van der Waals surface area (Å²) in [5.41, 5.74) is 2.07. The molecule has 0 spiro atoms. The Morgan fingerprint density at radius 2 is 1.86 bits per heavy atom. The lowest BCUT2D eigenvalue weighted by Gasteiger charge is -2.29. The van der Waals surface area contributed by atoms with Crippen molar-refractivity contribution in [3.05, 3.63) is 66.0 Å². The first-order valence-electron chi connectivity index (χ1n) is 9.89. The molecule has 0 bridgehead atoms. The number of rotatable bonds is 8. The van der Waals surface area contributed by atoms with Gasteiger partial charge in [-0.25, -0.2) is 0 Å². The molecular weight excluding hydrogens is 350 g/mol. The van der Waals surface area contributed by atoms with Crippen molar-refractivity contribution >= 4 is 17.9 Å². The summed E-state index contributed by atoms with van der Waals surface area (Å²) in [6.07, 6.45) is 7.43. The number of aromatic nitrogens is 1. The van der Waals surface area contributed by atoms with Crippen LogP contribution in [0.2, 0.25) is 0 Å². The van der Waals surface area contributed by atoms with Crippen molar-refractivity contribution in [3.8, 4) is 0 Å². The second-order valence-corrected chi connectivity index (χ2v) is 7.67. The third kappa shape index (κ3) is 5.12. The Bertz CT molecular complexity index is 835. The molecule has 148 valence electrons. The quantitative estimate of drug-likeness (QED) is 0.660. The van der Waals surface area contributed by atoms with E-state index in [4.69, 9.17) is 0 Å². The first kappa shape index (κ1) is 19.9. The third-order valence-electron chi connectivity index (χ3n) is 5.12. The van der Waals surface area contributed by atoms with Crippen molar-refractivity contribution in [2.45, 2.75) is 45.3 Å². The Morgan fingerprint density at radius 3 is 2.43 bits per heavy atom. The second kappa shape index (κ2) is 8.91. The smallest absolute Gasteiger partial charge is 0.247 e. The van der Waals surface area contributed by atoms with E-state index in [1.807, 2.05) is 79.0 Å². The Morgan fingerprint density at radius 1 is 1.14 bits per heavy atom. The van der Waals surface area contributed by atoms with Crippen LogP contribution < -0.4 is 0 Å². The molecule has 5 nitrogen and oxygen atoms in total. The van der Waals surface area contributed by atoms with Crippen LogP contribution in [0.5, 0.6) is 0 Å². The van der Waals surface area contributed by atoms with Gasteiger partial charge in [-0.1, -0.05) is 30.3 Å². The molecule has 1 aromatic carbocycles. The summed E-state index contributed by atoms with van der Waals surface area (Å²) in [6.45, 7) is 4.59. The van der Waals surface area contributed by atoms with Crippen LogP contribution in [0, 0.1) is 0 Å². The molecule has 5 heteroatoms. The molecule has 1 fully saturated rings. The zero-order chi connectivity index (χ0) is 20.1. The molecule has 0 unspecified atom stereocenters. The molecule has 28 heavy (non-hydrogen) atoms. The zero-order valence-electron chi connectivity index (χ0n) is 16.9. The van der Waals surface area contributed by atoms with Crippen molar-refractivity contribution in [2.24, 2.45) is 7.05 Å². The molecule has 1 aliphatic rings. The molecular formula is C23H29N3O2. The average Bonchev–Trinajstić information content (AvgIpc) is 3.44. The molecule has 2 aromatic rings. The molecule has 2 amide bonds. The number of amides is 2. The molecule has 0 atom stereocenters. The molecule has 0 aliphatic heterocycles. The van der Waals surface area contributed by atoms with Gasteiger partial charge in [0.05, 0.1) is 6.54 Å². The van der Waals surface area contributed by atoms with E-state index in [1.165, 1.54) is 0 Å². The van der Waals surface area contributed by atoms with E-state index in [1.54, 1.807) is 17.1 Å². The number of aryl methyl sites for hydroxylation is 1. The van der Waals surface area contributed by atoms with E-state index in [2.05, 4.69) is 0 Å². The summed E-state index contributed by atoms with van der Waals surface area (Å²) in [6, 6.07) is 14.0. The van der Waals surface area contributed by atoms with Gasteiger partial charge in [0.15, 0.2) is 0 Å². The predicted octanol–water partition coefficient (Wildman–Crippen LogP) is 3.47. The first-order valence-corrected chi connectivity index (χ1v) is 9.89. The summed E-state index contributed by atoms with van der Waals surface area (Å²) in [5, 5.41) is 0. The number of carbonyl (C=O) groups is 2. The van der Waals surface area contributed by atoms with Gasteiger partial charge in [-0.15, -0.1) is 0 Å². The molecule has 3 rings (SSSR count). The number of hydrogen-bond donors (Lipinski definition) is 0. The maximum Gasteiger partial charge on any atom is 0.247 e. The fraction of sp³-hybridized carbons (Fsp3) is 0.391. The topological polar surface area (TPSA) is 45.6 Å². The Balaban J connectivity index is 1.68. The summed E-state index contributed by atoms with van der Waals surface area (Å²) < 4.78 is 2.04. The van der Waals surface area contributed by atoms with E-state index in [9.17, 15) is 9.59 Å². The minimum atomic E-state index is -0.137. The van der Waals surface area contributed by atoms with E-state index in [0.717, 1.165) is 24.1 Å². The maximum atomic E-state index is 13.1. The average molecular weight is 380 g/mol. The van der Waals surface area contributed by atoms with Crippen molar-refractivity contribution < 1.29 is 9.59 Å². The van der Waals surface area contributed by atoms with Gasteiger partial charge in [-0.2, -0.15) is 0 Å². The normalized spacial score (nSPS) is 13.9. The van der Waals surface area contributed by atoms with Crippen LogP contribution in [0.15, 0.2) is 54.7 Å². The predicted molar refractivity (Wildman–Crippen MR) is 111 cm³/mol. The Labute approximate surface area is 167 Å². The Kier molecular flexibility index (Phi) is 6.34. The molecule has 1 aliphatic carbocycles. The summed E-state index contributed by atoms with van der Waals surface area (Å²) >= 11 is 0. The summed E-state index contributed by atoms with van der Waals surface area (Å²) in [4.78, 5) is 29.4. The van der Waals surface area contributed by atoms with Crippen LogP contribution in [0.25, 0.3) is 6.08 Å². The van der Waals surface area contributed by atoms with Crippen LogP contribution >= 0.6 is 0 Å². The highest BCUT2D eigenvalue weighted by Gasteiger charge is 2.34. The SMILES string of the molecule is CC(C)N(CC(=O)N(Cc1cccn1C)C1CC1)C(=O)C=Cc1ccccc1. The maximum absolute atomic E-state index is 13.1. The molecule has 1 heterocycles. The highest BCUT2D eigenvalue weighted by Crippen LogP contribution is 2.28. The standard InChI is InChI=1S/C23H29N3O2/c1-18(2)25(22(27)14-11-19-8-5-4-6-9-19)17-23(28)26(20-12-13-20)16-21-10-7-15-24(21)3/h4-11,14-15,18,20H,12-13,16-17H2,1-3H3. The fourth-order valence-corrected chi connectivity index (χ4v) is 3.22. The van der Waals surface area contributed by atoms with Crippen LogP contribution in [0.1, 0.15) is 37.9 Å². The highest BCUT2D eigenvalue weighted by atomic mass is 16.2. The van der Waals surface area contributed by atoms with E-state index in [-0.39, 0.29) is 24.4 Å². The van der Waals surface area contributed by atoms with Crippen molar-refractivity contribution in [1.29, 1.82) is 0 Å². The number of benzene rings is 1. The molecule has 1 saturated carbocycles. The van der Waals surface area contributed by atoms with Crippen molar-refractivity contribution in [2.75, 3.05) is 6.54 Å². The van der Waals surface area contributed by atoms with Gasteiger partial charge in [0, 0.05) is 37.1 Å². The summed E-state index contributed by atoms with van der Waals surface area (Å²) in [7, 11) is 1.99. The number of hydrogen-bond acceptors (Lipinski definition) is 2. The van der Waals surface area contributed by atoms with Gasteiger partial charge < -0.3 is 14.4 Å². The Hall–Kier alpha value is -2.82. The number of nitrogens with zero attached hydrogens (tertiary/aromatic N) is 3. The third-order valence-corrected chi connectivity index (χ3v) is 5.12. The van der Waals surface area contributed by atoms with Crippen LogP contribution in [0.3, 0.4) is 0 Å². The largest absolute Gasteiger partial charge is 0.353 e. The first-order chi connectivity index (χ1) is 13.5.